The van der Waals surface area contributed by atoms with Crippen LogP contribution in [0.15, 0.2) is 12.2 Å². The molecule has 0 aromatic carbocycles. The topological polar surface area (TPSA) is 20.3 Å². The molecule has 1 saturated carbocycles. The molecule has 0 spiro atoms. The lowest BCUT2D eigenvalue weighted by molar-refractivity contribution is -0.113. The van der Waals surface area contributed by atoms with Crippen LogP contribution in [-0.2, 0) is 4.79 Å². The highest BCUT2D eigenvalue weighted by molar-refractivity contribution is 7.81. The van der Waals surface area contributed by atoms with Gasteiger partial charge in [0.05, 0.1) is 5.25 Å². The molecule has 0 aromatic rings. The molecule has 80 valence electrons. The Kier molecular flexibility index (Phi) is 4.69. The Morgan fingerprint density at radius 1 is 1.64 bits per heavy atom. The summed E-state index contributed by atoms with van der Waals surface area (Å²) in [6.45, 7) is 5.93. The molecule has 1 aliphatic rings. The molecule has 1 rings (SSSR count). The number of likely N-dealkylation sites (N-methyl/N-ethyl adjacent to an activating group) is 1. The van der Waals surface area contributed by atoms with Gasteiger partial charge in [0.25, 0.3) is 0 Å². The molecule has 1 atom stereocenters. The van der Waals surface area contributed by atoms with Crippen LogP contribution in [0, 0.1) is 0 Å². The number of ketones is 1. The summed E-state index contributed by atoms with van der Waals surface area (Å²) in [6, 6.07) is 0.771. The molecule has 0 aromatic heterocycles. The van der Waals surface area contributed by atoms with Gasteiger partial charge in [-0.1, -0.05) is 13.0 Å². The lowest BCUT2D eigenvalue weighted by Gasteiger charge is -2.16. The standard InChI is InChI=1S/C11H19NOS/c1-3-12(10-6-7-10)8-4-5-11(13)9(2)14/h4-5,9-10,14H,3,6-8H2,1-2H3/b5-4+. The fourth-order valence-corrected chi connectivity index (χ4v) is 1.51. The Balaban J connectivity index is 2.26. The zero-order valence-electron chi connectivity index (χ0n) is 8.94. The van der Waals surface area contributed by atoms with Crippen LogP contribution in [0.3, 0.4) is 0 Å². The number of nitrogens with zero attached hydrogens (tertiary/aromatic N) is 1. The van der Waals surface area contributed by atoms with Gasteiger partial charge in [-0.05, 0) is 32.4 Å². The van der Waals surface area contributed by atoms with Gasteiger partial charge >= 0.3 is 0 Å². The number of rotatable bonds is 6. The molecule has 1 unspecified atom stereocenters. The van der Waals surface area contributed by atoms with Crippen LogP contribution in [0.5, 0.6) is 0 Å². The summed E-state index contributed by atoms with van der Waals surface area (Å²) >= 11 is 4.08. The van der Waals surface area contributed by atoms with E-state index in [1.165, 1.54) is 12.8 Å². The van der Waals surface area contributed by atoms with Gasteiger partial charge in [-0.15, -0.1) is 0 Å². The van der Waals surface area contributed by atoms with Crippen molar-refractivity contribution in [3.05, 3.63) is 12.2 Å². The van der Waals surface area contributed by atoms with Crippen LogP contribution >= 0.6 is 12.6 Å². The van der Waals surface area contributed by atoms with E-state index in [1.807, 2.05) is 6.08 Å². The van der Waals surface area contributed by atoms with Gasteiger partial charge in [0.1, 0.15) is 0 Å². The Morgan fingerprint density at radius 3 is 2.71 bits per heavy atom. The van der Waals surface area contributed by atoms with Crippen LogP contribution in [0.4, 0.5) is 0 Å². The molecule has 0 amide bonds. The van der Waals surface area contributed by atoms with Crippen molar-refractivity contribution in [1.82, 2.24) is 4.90 Å². The van der Waals surface area contributed by atoms with Crippen LogP contribution in [0.25, 0.3) is 0 Å². The summed E-state index contributed by atoms with van der Waals surface area (Å²) < 4.78 is 0. The Morgan fingerprint density at radius 2 is 2.29 bits per heavy atom. The summed E-state index contributed by atoms with van der Waals surface area (Å²) in [5.74, 6) is 0.0974. The quantitative estimate of drug-likeness (QED) is 0.537. The maximum absolute atomic E-state index is 11.2. The first-order valence-corrected chi connectivity index (χ1v) is 5.79. The Labute approximate surface area is 91.8 Å². The molecule has 0 heterocycles. The van der Waals surface area contributed by atoms with Gasteiger partial charge in [0, 0.05) is 12.6 Å². The highest BCUT2D eigenvalue weighted by Gasteiger charge is 2.26. The number of thiol groups is 1. The van der Waals surface area contributed by atoms with Crippen molar-refractivity contribution in [2.75, 3.05) is 13.1 Å². The van der Waals surface area contributed by atoms with Crippen molar-refractivity contribution >= 4 is 18.4 Å². The monoisotopic (exact) mass is 213 g/mol. The highest BCUT2D eigenvalue weighted by atomic mass is 32.1. The third-order valence-electron chi connectivity index (χ3n) is 2.50. The summed E-state index contributed by atoms with van der Waals surface area (Å²) in [7, 11) is 0. The zero-order chi connectivity index (χ0) is 10.6. The van der Waals surface area contributed by atoms with E-state index in [-0.39, 0.29) is 11.0 Å². The molecular weight excluding hydrogens is 194 g/mol. The Hall–Kier alpha value is -0.280. The smallest absolute Gasteiger partial charge is 0.167 e. The van der Waals surface area contributed by atoms with E-state index in [1.54, 1.807) is 13.0 Å². The van der Waals surface area contributed by atoms with Crippen LogP contribution in [-0.4, -0.2) is 35.1 Å². The second-order valence-electron chi connectivity index (χ2n) is 3.80. The first-order valence-electron chi connectivity index (χ1n) is 5.27. The fourth-order valence-electron chi connectivity index (χ4n) is 1.42. The van der Waals surface area contributed by atoms with Gasteiger partial charge < -0.3 is 0 Å². The molecule has 0 saturated heterocycles. The highest BCUT2D eigenvalue weighted by Crippen LogP contribution is 2.26. The molecule has 0 N–H and O–H groups in total. The number of hydrogen-bond donors (Lipinski definition) is 1. The normalized spacial score (nSPS) is 19.1. The van der Waals surface area contributed by atoms with Gasteiger partial charge in [-0.2, -0.15) is 12.6 Å². The summed E-state index contributed by atoms with van der Waals surface area (Å²) in [5.41, 5.74) is 0. The Bertz CT molecular complexity index is 221. The van der Waals surface area contributed by atoms with E-state index < -0.39 is 0 Å². The van der Waals surface area contributed by atoms with E-state index in [0.717, 1.165) is 19.1 Å². The molecule has 14 heavy (non-hydrogen) atoms. The molecule has 3 heteroatoms. The minimum absolute atomic E-state index is 0.0974. The number of hydrogen-bond acceptors (Lipinski definition) is 3. The molecule has 0 bridgehead atoms. The molecule has 0 radical (unpaired) electrons. The van der Waals surface area contributed by atoms with Gasteiger partial charge in [0.15, 0.2) is 5.78 Å². The lowest BCUT2D eigenvalue weighted by Crippen LogP contribution is -2.25. The van der Waals surface area contributed by atoms with E-state index in [0.29, 0.717) is 0 Å². The second kappa shape index (κ2) is 5.56. The van der Waals surface area contributed by atoms with Crippen LogP contribution in [0.2, 0.25) is 0 Å². The van der Waals surface area contributed by atoms with Crippen molar-refractivity contribution in [1.29, 1.82) is 0 Å². The average molecular weight is 213 g/mol. The molecule has 1 fully saturated rings. The van der Waals surface area contributed by atoms with E-state index in [2.05, 4.69) is 24.5 Å². The van der Waals surface area contributed by atoms with Crippen molar-refractivity contribution in [2.24, 2.45) is 0 Å². The fraction of sp³-hybridized carbons (Fsp3) is 0.727. The van der Waals surface area contributed by atoms with E-state index in [9.17, 15) is 4.79 Å². The van der Waals surface area contributed by atoms with Crippen molar-refractivity contribution in [2.45, 2.75) is 38.0 Å². The number of allylic oxidation sites excluding steroid dienone is 1. The minimum atomic E-state index is -0.178. The van der Waals surface area contributed by atoms with Crippen molar-refractivity contribution in [3.63, 3.8) is 0 Å². The number of carbonyl (C=O) groups is 1. The average Bonchev–Trinajstić information content (AvgIpc) is 2.95. The molecule has 2 nitrogen and oxygen atoms in total. The van der Waals surface area contributed by atoms with Gasteiger partial charge in [-0.3, -0.25) is 9.69 Å². The SMILES string of the molecule is CCN(C/C=C/C(=O)C(C)S)C1CC1. The first kappa shape index (κ1) is 11.8. The van der Waals surface area contributed by atoms with Crippen LogP contribution < -0.4 is 0 Å². The molecular formula is C11H19NOS. The first-order chi connectivity index (χ1) is 6.65. The molecule has 0 aliphatic heterocycles. The van der Waals surface area contributed by atoms with E-state index in [4.69, 9.17) is 0 Å². The zero-order valence-corrected chi connectivity index (χ0v) is 9.83. The van der Waals surface area contributed by atoms with E-state index >= 15 is 0 Å². The summed E-state index contributed by atoms with van der Waals surface area (Å²) in [5, 5.41) is -0.178. The maximum atomic E-state index is 11.2. The van der Waals surface area contributed by atoms with Crippen molar-refractivity contribution in [3.8, 4) is 0 Å². The maximum Gasteiger partial charge on any atom is 0.167 e. The largest absolute Gasteiger partial charge is 0.297 e. The van der Waals surface area contributed by atoms with Gasteiger partial charge in [-0.25, -0.2) is 0 Å². The minimum Gasteiger partial charge on any atom is -0.297 e. The number of carbonyl (C=O) groups excluding carboxylic acids is 1. The van der Waals surface area contributed by atoms with Crippen molar-refractivity contribution < 1.29 is 4.79 Å². The lowest BCUT2D eigenvalue weighted by atomic mass is 10.2. The van der Waals surface area contributed by atoms with Gasteiger partial charge in [0.2, 0.25) is 0 Å². The molecule has 1 aliphatic carbocycles. The third-order valence-corrected chi connectivity index (χ3v) is 2.76. The summed E-state index contributed by atoms with van der Waals surface area (Å²) in [6.07, 6.45) is 6.25. The van der Waals surface area contributed by atoms with Crippen LogP contribution in [0.1, 0.15) is 26.7 Å². The third kappa shape index (κ3) is 3.84. The second-order valence-corrected chi connectivity index (χ2v) is 4.57. The predicted molar refractivity (Wildman–Crippen MR) is 62.9 cm³/mol. The summed E-state index contributed by atoms with van der Waals surface area (Å²) in [4.78, 5) is 13.6. The predicted octanol–water partition coefficient (Wildman–Crippen LogP) is 1.91.